The van der Waals surface area contributed by atoms with Crippen molar-refractivity contribution in [1.82, 2.24) is 5.32 Å². The highest BCUT2D eigenvalue weighted by atomic mass is 32.1. The van der Waals surface area contributed by atoms with Crippen LogP contribution in [0.15, 0.2) is 174 Å². The highest BCUT2D eigenvalue weighted by Crippen LogP contribution is 2.43. The van der Waals surface area contributed by atoms with E-state index in [1.165, 1.54) is 48.0 Å². The van der Waals surface area contributed by atoms with Gasteiger partial charge in [0.25, 0.3) is 0 Å². The number of aliphatic imine (C=N–C) groups is 2. The van der Waals surface area contributed by atoms with E-state index in [1.54, 1.807) is 0 Å². The van der Waals surface area contributed by atoms with Gasteiger partial charge in [0.1, 0.15) is 6.17 Å². The molecule has 1 N–H and O–H groups in total. The normalized spacial score (nSPS) is 16.2. The second-order valence-electron chi connectivity index (χ2n) is 13.0. The molecule has 1 aliphatic heterocycles. The Balaban J connectivity index is 1.32. The highest BCUT2D eigenvalue weighted by Gasteiger charge is 2.26. The number of allylic oxidation sites excluding steroid dienone is 1. The zero-order valence-electron chi connectivity index (χ0n) is 28.3. The van der Waals surface area contributed by atoms with Crippen LogP contribution >= 0.6 is 11.3 Å². The molecular weight excluding hydrogens is 627 g/mol. The molecule has 1 aliphatic rings. The maximum atomic E-state index is 5.49. The number of dihydropyridines is 1. The van der Waals surface area contributed by atoms with Crippen molar-refractivity contribution in [3.63, 3.8) is 0 Å². The lowest BCUT2D eigenvalue weighted by Gasteiger charge is -2.26. The van der Waals surface area contributed by atoms with Crippen molar-refractivity contribution < 1.29 is 0 Å². The van der Waals surface area contributed by atoms with E-state index < -0.39 is 0 Å². The first-order valence-corrected chi connectivity index (χ1v) is 18.2. The maximum absolute atomic E-state index is 5.49. The number of hydrogen-bond donors (Lipinski definition) is 1. The molecule has 50 heavy (non-hydrogen) atoms. The molecule has 0 saturated heterocycles. The Labute approximate surface area is 298 Å². The number of nitrogens with one attached hydrogen (secondary N) is 1. The molecule has 6 aromatic carbocycles. The molecule has 0 saturated carbocycles. The number of nitrogens with zero attached hydrogens (tertiary/aromatic N) is 2. The van der Waals surface area contributed by atoms with E-state index in [1.807, 2.05) is 11.3 Å². The molecule has 3 atom stereocenters. The summed E-state index contributed by atoms with van der Waals surface area (Å²) in [5.74, 6) is 0. The van der Waals surface area contributed by atoms with Gasteiger partial charge in [0.15, 0.2) is 0 Å². The third-order valence-corrected chi connectivity index (χ3v) is 10.8. The second kappa shape index (κ2) is 14.2. The maximum Gasteiger partial charge on any atom is 0.127 e. The van der Waals surface area contributed by atoms with Crippen LogP contribution < -0.4 is 5.32 Å². The molecule has 4 heteroatoms. The summed E-state index contributed by atoms with van der Waals surface area (Å²) in [5.41, 5.74) is 10.4. The number of benzene rings is 6. The molecule has 7 aromatic rings. The molecule has 2 unspecified atom stereocenters. The molecule has 0 spiro atoms. The fourth-order valence-corrected chi connectivity index (χ4v) is 8.22. The molecule has 1 aromatic heterocycles. The first kappa shape index (κ1) is 31.8. The van der Waals surface area contributed by atoms with E-state index >= 15 is 0 Å². The zero-order valence-corrected chi connectivity index (χ0v) is 29.1. The molecule has 2 heterocycles. The lowest BCUT2D eigenvalue weighted by atomic mass is 9.88. The monoisotopic (exact) mass is 665 g/mol. The SMILES string of the molecule is C/C(=N\C(N[C@@H](C)c1ccccc1)c1cc(C2CC(c3ccccc3)=CC(c3ccccc3)=N2)cc2sc3ccccc3c12)c1ccccc1. The van der Waals surface area contributed by atoms with Gasteiger partial charge in [0.05, 0.1) is 11.8 Å². The Morgan fingerprint density at radius 2 is 1.34 bits per heavy atom. The van der Waals surface area contributed by atoms with Crippen LogP contribution in [0.5, 0.6) is 0 Å². The third kappa shape index (κ3) is 6.60. The van der Waals surface area contributed by atoms with Crippen molar-refractivity contribution in [1.29, 1.82) is 0 Å². The average Bonchev–Trinajstić information content (AvgIpc) is 3.57. The van der Waals surface area contributed by atoms with Gasteiger partial charge in [-0.15, -0.1) is 11.3 Å². The van der Waals surface area contributed by atoms with Gasteiger partial charge >= 0.3 is 0 Å². The first-order valence-electron chi connectivity index (χ1n) is 17.4. The van der Waals surface area contributed by atoms with Crippen LogP contribution in [-0.2, 0) is 0 Å². The zero-order chi connectivity index (χ0) is 33.9. The van der Waals surface area contributed by atoms with Crippen molar-refractivity contribution in [3.8, 4) is 0 Å². The quantitative estimate of drug-likeness (QED) is 0.153. The summed E-state index contributed by atoms with van der Waals surface area (Å²) >= 11 is 1.86. The topological polar surface area (TPSA) is 36.8 Å². The van der Waals surface area contributed by atoms with Gasteiger partial charge in [-0.1, -0.05) is 140 Å². The van der Waals surface area contributed by atoms with E-state index in [9.17, 15) is 0 Å². The van der Waals surface area contributed by atoms with E-state index in [-0.39, 0.29) is 18.2 Å². The van der Waals surface area contributed by atoms with Gasteiger partial charge < -0.3 is 0 Å². The van der Waals surface area contributed by atoms with Crippen LogP contribution in [0.4, 0.5) is 0 Å². The van der Waals surface area contributed by atoms with Crippen LogP contribution in [0.3, 0.4) is 0 Å². The Morgan fingerprint density at radius 3 is 2.06 bits per heavy atom. The molecule has 0 amide bonds. The van der Waals surface area contributed by atoms with Gasteiger partial charge in [-0.05, 0) is 77.9 Å². The summed E-state index contributed by atoms with van der Waals surface area (Å²) in [4.78, 5) is 11.0. The van der Waals surface area contributed by atoms with Gasteiger partial charge in [0, 0.05) is 37.5 Å². The minimum Gasteiger partial charge on any atom is -0.285 e. The molecule has 244 valence electrons. The number of hydrogen-bond acceptors (Lipinski definition) is 4. The molecule has 0 radical (unpaired) electrons. The molecule has 8 rings (SSSR count). The lowest BCUT2D eigenvalue weighted by Crippen LogP contribution is -2.25. The van der Waals surface area contributed by atoms with Crippen molar-refractivity contribution in [3.05, 3.63) is 197 Å². The highest BCUT2D eigenvalue weighted by molar-refractivity contribution is 7.25. The Morgan fingerprint density at radius 1 is 0.720 bits per heavy atom. The van der Waals surface area contributed by atoms with Crippen molar-refractivity contribution in [2.45, 2.75) is 38.5 Å². The Kier molecular flexibility index (Phi) is 9.04. The molecule has 0 bridgehead atoms. The minimum atomic E-state index is -0.295. The minimum absolute atomic E-state index is 0.0508. The summed E-state index contributed by atoms with van der Waals surface area (Å²) in [6.45, 7) is 4.36. The van der Waals surface area contributed by atoms with Crippen LogP contribution in [0.2, 0.25) is 0 Å². The van der Waals surface area contributed by atoms with Crippen LogP contribution in [0.25, 0.3) is 25.7 Å². The standard InChI is InChI=1S/C46H39N3S/c1-31(33-17-7-3-8-18-33)47-46(48-32(2)34-19-9-4-10-20-34)40-27-38(30-44-45(40)39-25-15-16-26-43(39)50-44)42-29-37(35-21-11-5-12-22-35)28-41(49-42)36-23-13-6-14-24-36/h3-28,30-31,42,46-47H,29H2,1-2H3/b48-32+/t31-,42?,46?/m0/s1. The summed E-state index contributed by atoms with van der Waals surface area (Å²) in [7, 11) is 0. The smallest absolute Gasteiger partial charge is 0.127 e. The number of thiophene rings is 1. The molecule has 0 aliphatic carbocycles. The van der Waals surface area contributed by atoms with Gasteiger partial charge in [-0.2, -0.15) is 0 Å². The Hall–Kier alpha value is -5.42. The molecular formula is C46H39N3S. The van der Waals surface area contributed by atoms with Crippen molar-refractivity contribution in [2.24, 2.45) is 9.98 Å². The van der Waals surface area contributed by atoms with Crippen molar-refractivity contribution in [2.75, 3.05) is 0 Å². The van der Waals surface area contributed by atoms with E-state index in [0.717, 1.165) is 29.0 Å². The number of rotatable bonds is 9. The summed E-state index contributed by atoms with van der Waals surface area (Å²) < 4.78 is 2.54. The van der Waals surface area contributed by atoms with Crippen molar-refractivity contribution >= 4 is 48.5 Å². The van der Waals surface area contributed by atoms with E-state index in [2.05, 4.69) is 183 Å². The first-order chi connectivity index (χ1) is 24.6. The van der Waals surface area contributed by atoms with E-state index in [4.69, 9.17) is 9.98 Å². The predicted molar refractivity (Wildman–Crippen MR) is 213 cm³/mol. The predicted octanol–water partition coefficient (Wildman–Crippen LogP) is 11.9. The molecule has 3 nitrogen and oxygen atoms in total. The van der Waals surface area contributed by atoms with Gasteiger partial charge in [0.2, 0.25) is 0 Å². The Bertz CT molecular complexity index is 2340. The van der Waals surface area contributed by atoms with Gasteiger partial charge in [-0.25, -0.2) is 0 Å². The average molecular weight is 666 g/mol. The largest absolute Gasteiger partial charge is 0.285 e. The van der Waals surface area contributed by atoms with Crippen LogP contribution in [0.1, 0.15) is 71.9 Å². The summed E-state index contributed by atoms with van der Waals surface area (Å²) in [6.07, 6.45) is 2.80. The van der Waals surface area contributed by atoms with Crippen LogP contribution in [0, 0.1) is 0 Å². The second-order valence-corrected chi connectivity index (χ2v) is 14.1. The third-order valence-electron chi connectivity index (χ3n) is 9.67. The fourth-order valence-electron chi connectivity index (χ4n) is 7.03. The lowest BCUT2D eigenvalue weighted by molar-refractivity contribution is 0.483. The van der Waals surface area contributed by atoms with E-state index in [0.29, 0.717) is 0 Å². The number of fused-ring (bicyclic) bond motifs is 3. The summed E-state index contributed by atoms with van der Waals surface area (Å²) in [5, 5.41) is 6.50. The van der Waals surface area contributed by atoms with Crippen LogP contribution in [-0.4, -0.2) is 11.4 Å². The molecule has 0 fully saturated rings. The van der Waals surface area contributed by atoms with Gasteiger partial charge in [-0.3, -0.25) is 15.3 Å². The summed E-state index contributed by atoms with van der Waals surface area (Å²) in [6, 6.07) is 56.1. The fraction of sp³-hybridized carbons (Fsp3) is 0.130.